The standard InChI is InChI=1S/C20H32N2O.2ClH/c1-16(2)23-19-10-8-18(9-11-19)20(17-6-4-3-5-7-17)22-14-12-21-13-15-22;;/h8-11,16-17,20-21H,3-7,12-15H2,1-2H3;2*1H/t20-;;/m0../s1. The Bertz CT molecular complexity index is 451. The number of halogens is 2. The maximum Gasteiger partial charge on any atom is 0.119 e. The van der Waals surface area contributed by atoms with Gasteiger partial charge in [0.15, 0.2) is 0 Å². The minimum absolute atomic E-state index is 0. The second kappa shape index (κ2) is 11.3. The van der Waals surface area contributed by atoms with Crippen LogP contribution in [0.1, 0.15) is 57.6 Å². The Labute approximate surface area is 165 Å². The smallest absolute Gasteiger partial charge is 0.119 e. The Morgan fingerprint density at radius 2 is 1.56 bits per heavy atom. The molecule has 25 heavy (non-hydrogen) atoms. The third kappa shape index (κ3) is 6.32. The Balaban J connectivity index is 0.00000156. The number of rotatable bonds is 5. The molecule has 0 aromatic heterocycles. The molecular formula is C20H34Cl2N2O. The summed E-state index contributed by atoms with van der Waals surface area (Å²) in [6.07, 6.45) is 7.25. The lowest BCUT2D eigenvalue weighted by Crippen LogP contribution is -2.47. The van der Waals surface area contributed by atoms with Crippen LogP contribution in [0.15, 0.2) is 24.3 Å². The molecule has 2 fully saturated rings. The van der Waals surface area contributed by atoms with E-state index in [0.717, 1.165) is 24.8 Å². The highest BCUT2D eigenvalue weighted by molar-refractivity contribution is 5.85. The van der Waals surface area contributed by atoms with Crippen molar-refractivity contribution in [1.29, 1.82) is 0 Å². The van der Waals surface area contributed by atoms with Gasteiger partial charge in [0.2, 0.25) is 0 Å². The van der Waals surface area contributed by atoms with Crippen molar-refractivity contribution in [1.82, 2.24) is 10.2 Å². The van der Waals surface area contributed by atoms with Gasteiger partial charge in [0.05, 0.1) is 6.10 Å². The first-order chi connectivity index (χ1) is 11.2. The first-order valence-corrected chi connectivity index (χ1v) is 9.45. The average molecular weight is 389 g/mol. The predicted molar refractivity (Wildman–Crippen MR) is 110 cm³/mol. The summed E-state index contributed by atoms with van der Waals surface area (Å²) in [7, 11) is 0. The number of piperazine rings is 1. The van der Waals surface area contributed by atoms with Crippen molar-refractivity contribution in [3.63, 3.8) is 0 Å². The molecule has 1 aliphatic carbocycles. The van der Waals surface area contributed by atoms with Crippen LogP contribution in [0.25, 0.3) is 0 Å². The van der Waals surface area contributed by atoms with Crippen LogP contribution < -0.4 is 10.1 Å². The lowest BCUT2D eigenvalue weighted by atomic mass is 9.80. The van der Waals surface area contributed by atoms with Crippen LogP contribution in [0.3, 0.4) is 0 Å². The number of ether oxygens (including phenoxy) is 1. The van der Waals surface area contributed by atoms with E-state index in [1.54, 1.807) is 0 Å². The molecule has 3 nitrogen and oxygen atoms in total. The molecule has 1 aromatic rings. The first kappa shape index (κ1) is 22.6. The topological polar surface area (TPSA) is 24.5 Å². The van der Waals surface area contributed by atoms with Crippen LogP contribution >= 0.6 is 24.8 Å². The van der Waals surface area contributed by atoms with Crippen molar-refractivity contribution in [3.8, 4) is 5.75 Å². The normalized spacial score (nSPS) is 20.4. The molecule has 0 amide bonds. The SMILES string of the molecule is CC(C)Oc1ccc([C@H](C2CCCCC2)N2CCNCC2)cc1.Cl.Cl. The number of hydrogen-bond donors (Lipinski definition) is 1. The second-order valence-corrected chi connectivity index (χ2v) is 7.36. The van der Waals surface area contributed by atoms with Crippen molar-refractivity contribution in [2.24, 2.45) is 5.92 Å². The molecule has 0 unspecified atom stereocenters. The molecule has 3 rings (SSSR count). The van der Waals surface area contributed by atoms with E-state index in [1.807, 2.05) is 0 Å². The zero-order chi connectivity index (χ0) is 16.1. The average Bonchev–Trinajstić information content (AvgIpc) is 2.58. The largest absolute Gasteiger partial charge is 0.491 e. The van der Waals surface area contributed by atoms with Gasteiger partial charge in [0.1, 0.15) is 5.75 Å². The molecule has 1 aromatic carbocycles. The third-order valence-electron chi connectivity index (χ3n) is 5.23. The quantitative estimate of drug-likeness (QED) is 0.780. The van der Waals surface area contributed by atoms with Crippen molar-refractivity contribution in [2.75, 3.05) is 26.2 Å². The van der Waals surface area contributed by atoms with Crippen molar-refractivity contribution in [2.45, 2.75) is 58.1 Å². The van der Waals surface area contributed by atoms with Gasteiger partial charge in [-0.1, -0.05) is 31.4 Å². The summed E-state index contributed by atoms with van der Waals surface area (Å²) >= 11 is 0. The van der Waals surface area contributed by atoms with E-state index in [2.05, 4.69) is 48.3 Å². The zero-order valence-corrected chi connectivity index (χ0v) is 17.2. The molecule has 2 aliphatic rings. The van der Waals surface area contributed by atoms with E-state index in [4.69, 9.17) is 4.74 Å². The Morgan fingerprint density at radius 3 is 2.12 bits per heavy atom. The van der Waals surface area contributed by atoms with Gasteiger partial charge < -0.3 is 10.1 Å². The summed E-state index contributed by atoms with van der Waals surface area (Å²) in [6, 6.07) is 9.52. The van der Waals surface area contributed by atoms with Crippen LogP contribution in [0.4, 0.5) is 0 Å². The fourth-order valence-corrected chi connectivity index (χ4v) is 4.21. The molecule has 1 N–H and O–H groups in total. The van der Waals surface area contributed by atoms with E-state index in [-0.39, 0.29) is 30.9 Å². The second-order valence-electron chi connectivity index (χ2n) is 7.36. The Kier molecular flexibility index (Phi) is 10.2. The highest BCUT2D eigenvalue weighted by Crippen LogP contribution is 2.39. The molecule has 144 valence electrons. The van der Waals surface area contributed by atoms with Gasteiger partial charge in [0.25, 0.3) is 0 Å². The van der Waals surface area contributed by atoms with Crippen molar-refractivity contribution in [3.05, 3.63) is 29.8 Å². The summed E-state index contributed by atoms with van der Waals surface area (Å²) < 4.78 is 5.82. The van der Waals surface area contributed by atoms with Gasteiger partial charge in [0, 0.05) is 32.2 Å². The van der Waals surface area contributed by atoms with Gasteiger partial charge in [-0.15, -0.1) is 24.8 Å². The highest BCUT2D eigenvalue weighted by atomic mass is 35.5. The van der Waals surface area contributed by atoms with E-state index < -0.39 is 0 Å². The Hall–Kier alpha value is -0.480. The number of hydrogen-bond acceptors (Lipinski definition) is 3. The van der Waals surface area contributed by atoms with Crippen LogP contribution in [0.2, 0.25) is 0 Å². The van der Waals surface area contributed by atoms with Crippen molar-refractivity contribution < 1.29 is 4.74 Å². The lowest BCUT2D eigenvalue weighted by Gasteiger charge is -2.41. The fraction of sp³-hybridized carbons (Fsp3) is 0.700. The summed E-state index contributed by atoms with van der Waals surface area (Å²) in [5, 5.41) is 3.49. The minimum Gasteiger partial charge on any atom is -0.491 e. The van der Waals surface area contributed by atoms with Crippen LogP contribution in [0.5, 0.6) is 5.75 Å². The maximum atomic E-state index is 5.82. The summed E-state index contributed by atoms with van der Waals surface area (Å²) in [4.78, 5) is 2.71. The molecule has 0 radical (unpaired) electrons. The molecule has 0 spiro atoms. The van der Waals surface area contributed by atoms with Crippen LogP contribution in [0, 0.1) is 5.92 Å². The van der Waals surface area contributed by atoms with E-state index in [1.165, 1.54) is 50.8 Å². The molecular weight excluding hydrogens is 355 g/mol. The maximum absolute atomic E-state index is 5.82. The Morgan fingerprint density at radius 1 is 0.960 bits per heavy atom. The summed E-state index contributed by atoms with van der Waals surface area (Å²) in [5.74, 6) is 1.81. The molecule has 1 saturated heterocycles. The first-order valence-electron chi connectivity index (χ1n) is 9.45. The predicted octanol–water partition coefficient (Wildman–Crippen LogP) is 4.84. The summed E-state index contributed by atoms with van der Waals surface area (Å²) in [5.41, 5.74) is 1.48. The molecule has 1 aliphatic heterocycles. The monoisotopic (exact) mass is 388 g/mol. The fourth-order valence-electron chi connectivity index (χ4n) is 4.21. The van der Waals surface area contributed by atoms with Crippen LogP contribution in [-0.2, 0) is 0 Å². The molecule has 1 saturated carbocycles. The molecule has 5 heteroatoms. The van der Waals surface area contributed by atoms with Gasteiger partial charge in [-0.2, -0.15) is 0 Å². The minimum atomic E-state index is 0. The van der Waals surface area contributed by atoms with E-state index in [0.29, 0.717) is 6.04 Å². The van der Waals surface area contributed by atoms with Crippen molar-refractivity contribution >= 4 is 24.8 Å². The molecule has 0 bridgehead atoms. The van der Waals surface area contributed by atoms with Gasteiger partial charge in [-0.3, -0.25) is 4.90 Å². The lowest BCUT2D eigenvalue weighted by molar-refractivity contribution is 0.103. The summed E-state index contributed by atoms with van der Waals surface area (Å²) in [6.45, 7) is 8.76. The molecule has 1 atom stereocenters. The van der Waals surface area contributed by atoms with Gasteiger partial charge in [-0.05, 0) is 50.3 Å². The number of nitrogens with zero attached hydrogens (tertiary/aromatic N) is 1. The van der Waals surface area contributed by atoms with Crippen LogP contribution in [-0.4, -0.2) is 37.2 Å². The van der Waals surface area contributed by atoms with E-state index >= 15 is 0 Å². The third-order valence-corrected chi connectivity index (χ3v) is 5.23. The highest BCUT2D eigenvalue weighted by Gasteiger charge is 2.30. The number of nitrogens with one attached hydrogen (secondary N) is 1. The van der Waals surface area contributed by atoms with Gasteiger partial charge >= 0.3 is 0 Å². The van der Waals surface area contributed by atoms with E-state index in [9.17, 15) is 0 Å². The zero-order valence-electron chi connectivity index (χ0n) is 15.6. The van der Waals surface area contributed by atoms with Gasteiger partial charge in [-0.25, -0.2) is 0 Å². The number of benzene rings is 1. The molecule has 1 heterocycles.